The minimum Gasteiger partial charge on any atom is -0.548 e. The third kappa shape index (κ3) is 9.07. The Bertz CT molecular complexity index is 559. The quantitative estimate of drug-likeness (QED) is 0.624. The first-order valence-corrected chi connectivity index (χ1v) is 7.07. The van der Waals surface area contributed by atoms with Crippen molar-refractivity contribution < 1.29 is 34.7 Å². The number of aromatic hydroxyl groups is 1. The number of aryl methyl sites for hydroxylation is 2. The Labute approximate surface area is 134 Å². The number of aromatic amines is 1. The van der Waals surface area contributed by atoms with E-state index in [2.05, 4.69) is 10.3 Å². The second-order valence-electron chi connectivity index (χ2n) is 4.86. The molecule has 0 aliphatic rings. The van der Waals surface area contributed by atoms with Gasteiger partial charge < -0.3 is 25.4 Å². The fraction of sp³-hybridized carbons (Fsp3) is 0.467. The van der Waals surface area contributed by atoms with Crippen molar-refractivity contribution in [1.29, 1.82) is 0 Å². The van der Waals surface area contributed by atoms with Crippen molar-refractivity contribution in [1.82, 2.24) is 5.32 Å². The van der Waals surface area contributed by atoms with Gasteiger partial charge in [-0.05, 0) is 12.5 Å². The van der Waals surface area contributed by atoms with E-state index in [4.69, 9.17) is 5.11 Å². The topological polar surface area (TPSA) is 141 Å². The Balaban J connectivity index is 0.000000433. The van der Waals surface area contributed by atoms with E-state index in [1.807, 2.05) is 19.9 Å². The molecule has 0 saturated carbocycles. The van der Waals surface area contributed by atoms with E-state index < -0.39 is 23.9 Å². The molecular weight excluding hydrogens is 304 g/mol. The number of carboxylic acids is 2. The molecule has 8 heteroatoms. The maximum absolute atomic E-state index is 10.5. The predicted molar refractivity (Wildman–Crippen MR) is 78.3 cm³/mol. The van der Waals surface area contributed by atoms with Gasteiger partial charge >= 0.3 is 5.97 Å². The van der Waals surface area contributed by atoms with E-state index in [0.29, 0.717) is 5.75 Å². The average molecular weight is 326 g/mol. The number of nitrogens with one attached hydrogen (secondary N) is 2. The van der Waals surface area contributed by atoms with Crippen LogP contribution in [-0.2, 0) is 20.8 Å². The van der Waals surface area contributed by atoms with Crippen molar-refractivity contribution in [3.63, 3.8) is 0 Å². The van der Waals surface area contributed by atoms with Gasteiger partial charge in [0.05, 0.1) is 12.0 Å². The second-order valence-corrected chi connectivity index (χ2v) is 4.86. The smallest absolute Gasteiger partial charge is 0.303 e. The Hall–Kier alpha value is -2.64. The molecule has 1 aromatic heterocycles. The summed E-state index contributed by atoms with van der Waals surface area (Å²) in [7, 11) is 0. The van der Waals surface area contributed by atoms with Crippen molar-refractivity contribution in [2.24, 2.45) is 0 Å². The molecule has 128 valence electrons. The van der Waals surface area contributed by atoms with Crippen LogP contribution in [-0.4, -0.2) is 34.1 Å². The molecule has 1 aromatic rings. The highest BCUT2D eigenvalue weighted by atomic mass is 16.4. The van der Waals surface area contributed by atoms with Crippen LogP contribution in [0.5, 0.6) is 5.75 Å². The van der Waals surface area contributed by atoms with Gasteiger partial charge in [-0.2, -0.15) is 0 Å². The van der Waals surface area contributed by atoms with Gasteiger partial charge in [0.2, 0.25) is 11.6 Å². The molecule has 0 aliphatic carbocycles. The lowest BCUT2D eigenvalue weighted by Gasteiger charge is -2.17. The van der Waals surface area contributed by atoms with Gasteiger partial charge in [-0.1, -0.05) is 6.92 Å². The lowest BCUT2D eigenvalue weighted by molar-refractivity contribution is -0.400. The molecule has 4 N–H and O–H groups in total. The highest BCUT2D eigenvalue weighted by molar-refractivity contribution is 5.81. The van der Waals surface area contributed by atoms with Gasteiger partial charge in [-0.25, -0.2) is 4.98 Å². The Morgan fingerprint density at radius 1 is 1.35 bits per heavy atom. The van der Waals surface area contributed by atoms with Crippen molar-refractivity contribution in [3.8, 4) is 5.75 Å². The maximum Gasteiger partial charge on any atom is 0.303 e. The van der Waals surface area contributed by atoms with Crippen molar-refractivity contribution in [3.05, 3.63) is 23.5 Å². The van der Waals surface area contributed by atoms with Crippen LogP contribution in [0.25, 0.3) is 0 Å². The number of carboxylic acid groups (broad SMARTS) is 2. The van der Waals surface area contributed by atoms with Crippen LogP contribution in [0.4, 0.5) is 0 Å². The standard InChI is InChI=1S/C8H11NO.C7H11NO5/c1-3-7-8(10)5-4-6(2)9-7;1-4(9)8-5(7(12)13)2-3-6(10)11/h4-5,10H,3H2,1-2H3;5H,2-3H2,1H3,(H,8,9)(H,10,11)(H,12,13)/t;5-/m.0/s1. The number of H-pyrrole nitrogens is 1. The van der Waals surface area contributed by atoms with Crippen LogP contribution in [0, 0.1) is 6.92 Å². The largest absolute Gasteiger partial charge is 0.548 e. The predicted octanol–water partition coefficient (Wildman–Crippen LogP) is -0.817. The maximum atomic E-state index is 10.5. The Morgan fingerprint density at radius 2 is 1.96 bits per heavy atom. The fourth-order valence-corrected chi connectivity index (χ4v) is 1.68. The number of aromatic nitrogens is 1. The zero-order valence-corrected chi connectivity index (χ0v) is 13.4. The number of hydrogen-bond acceptors (Lipinski definition) is 5. The minimum absolute atomic E-state index is 0.169. The molecule has 0 spiro atoms. The third-order valence-corrected chi connectivity index (χ3v) is 2.81. The van der Waals surface area contributed by atoms with E-state index in [-0.39, 0.29) is 12.8 Å². The average Bonchev–Trinajstić information content (AvgIpc) is 2.45. The zero-order chi connectivity index (χ0) is 18.0. The number of aliphatic carboxylic acids is 2. The van der Waals surface area contributed by atoms with Crippen LogP contribution < -0.4 is 15.4 Å². The van der Waals surface area contributed by atoms with Crippen LogP contribution in [0.3, 0.4) is 0 Å². The molecule has 8 nitrogen and oxygen atoms in total. The van der Waals surface area contributed by atoms with Crippen LogP contribution in [0.15, 0.2) is 12.1 Å². The van der Waals surface area contributed by atoms with E-state index in [1.165, 1.54) is 0 Å². The Kier molecular flexibility index (Phi) is 8.98. The van der Waals surface area contributed by atoms with Gasteiger partial charge in [0, 0.05) is 32.8 Å². The number of rotatable bonds is 6. The Morgan fingerprint density at radius 3 is 2.35 bits per heavy atom. The number of hydrogen-bond donors (Lipinski definition) is 3. The lowest BCUT2D eigenvalue weighted by Crippen LogP contribution is -2.47. The summed E-state index contributed by atoms with van der Waals surface area (Å²) in [6.45, 7) is 5.13. The van der Waals surface area contributed by atoms with Crippen molar-refractivity contribution >= 4 is 17.8 Å². The molecule has 0 aromatic carbocycles. The van der Waals surface area contributed by atoms with Gasteiger partial charge in [0.25, 0.3) is 0 Å². The summed E-state index contributed by atoms with van der Waals surface area (Å²) in [4.78, 5) is 33.9. The summed E-state index contributed by atoms with van der Waals surface area (Å²) in [6, 6.07) is 2.34. The summed E-state index contributed by atoms with van der Waals surface area (Å²) in [6.07, 6.45) is 0.351. The fourth-order valence-electron chi connectivity index (χ4n) is 1.68. The summed E-state index contributed by atoms with van der Waals surface area (Å²) < 4.78 is 0. The van der Waals surface area contributed by atoms with Crippen LogP contribution in [0.1, 0.15) is 38.1 Å². The SMILES string of the molecule is CC(=O)N[C@@H](CCC(=O)O)C(=O)[O-].CCc1[nH+]c(C)ccc1O. The summed E-state index contributed by atoms with van der Waals surface area (Å²) in [5.74, 6) is -2.76. The number of pyridine rings is 1. The van der Waals surface area contributed by atoms with Gasteiger partial charge in [0.1, 0.15) is 0 Å². The van der Waals surface area contributed by atoms with E-state index in [9.17, 15) is 24.6 Å². The molecule has 0 bridgehead atoms. The summed E-state index contributed by atoms with van der Waals surface area (Å²) in [5.41, 5.74) is 1.98. The zero-order valence-electron chi connectivity index (χ0n) is 13.4. The van der Waals surface area contributed by atoms with Gasteiger partial charge in [-0.3, -0.25) is 9.59 Å². The molecule has 0 unspecified atom stereocenters. The van der Waals surface area contributed by atoms with Crippen LogP contribution in [0.2, 0.25) is 0 Å². The van der Waals surface area contributed by atoms with Crippen molar-refractivity contribution in [2.75, 3.05) is 0 Å². The molecule has 1 heterocycles. The molecule has 1 atom stereocenters. The molecule has 0 saturated heterocycles. The van der Waals surface area contributed by atoms with E-state index >= 15 is 0 Å². The summed E-state index contributed by atoms with van der Waals surface area (Å²) in [5, 5.41) is 29.9. The molecule has 0 fully saturated rings. The van der Waals surface area contributed by atoms with Crippen molar-refractivity contribution in [2.45, 2.75) is 46.1 Å². The number of carbonyl (C=O) groups is 3. The second kappa shape index (κ2) is 10.1. The summed E-state index contributed by atoms with van der Waals surface area (Å²) >= 11 is 0. The van der Waals surface area contributed by atoms with E-state index in [1.54, 1.807) is 6.07 Å². The molecule has 1 rings (SSSR count). The number of carbonyl (C=O) groups excluding carboxylic acids is 2. The van der Waals surface area contributed by atoms with Gasteiger partial charge in [-0.15, -0.1) is 0 Å². The normalized spacial score (nSPS) is 10.9. The number of amides is 1. The lowest BCUT2D eigenvalue weighted by atomic mass is 10.1. The minimum atomic E-state index is -1.48. The highest BCUT2D eigenvalue weighted by Crippen LogP contribution is 2.10. The molecule has 1 amide bonds. The first-order chi connectivity index (χ1) is 10.7. The first-order valence-electron chi connectivity index (χ1n) is 7.07. The molecule has 0 aliphatic heterocycles. The third-order valence-electron chi connectivity index (χ3n) is 2.81. The molecular formula is C15H22N2O6. The molecule has 23 heavy (non-hydrogen) atoms. The highest BCUT2D eigenvalue weighted by Gasteiger charge is 2.12. The first kappa shape index (κ1) is 20.4. The molecule has 0 radical (unpaired) electrons. The monoisotopic (exact) mass is 326 g/mol. The van der Waals surface area contributed by atoms with Gasteiger partial charge in [0.15, 0.2) is 11.4 Å². The van der Waals surface area contributed by atoms with E-state index in [0.717, 1.165) is 24.7 Å². The van der Waals surface area contributed by atoms with Crippen LogP contribution >= 0.6 is 0 Å².